The van der Waals surface area contributed by atoms with Crippen molar-refractivity contribution < 1.29 is 51.3 Å². The van der Waals surface area contributed by atoms with E-state index in [2.05, 4.69) is 65.0 Å². The number of nitrogens with one attached hydrogen (secondary N) is 1. The van der Waals surface area contributed by atoms with E-state index < -0.39 is 9.85 Å². The molecule has 0 atom stereocenters. The van der Waals surface area contributed by atoms with Gasteiger partial charge in [0.2, 0.25) is 0 Å². The van der Waals surface area contributed by atoms with Crippen LogP contribution in [0.3, 0.4) is 0 Å². The summed E-state index contributed by atoms with van der Waals surface area (Å²) in [7, 11) is 0. The fraction of sp³-hybridized carbons (Fsp3) is 0.357. The summed E-state index contributed by atoms with van der Waals surface area (Å²) in [4.78, 5) is 51.3. The Hall–Kier alpha value is -4.63. The number of rotatable bonds is 7. The van der Waals surface area contributed by atoms with E-state index in [0.717, 1.165) is 59.3 Å². The number of nitro groups is 2. The molecule has 2 aromatic rings. The smallest absolute Gasteiger partial charge is 0.319 e. The van der Waals surface area contributed by atoms with Crippen LogP contribution in [-0.4, -0.2) is 61.7 Å². The quantitative estimate of drug-likeness (QED) is 0.212. The first-order valence-electron chi connectivity index (χ1n) is 13.9. The molecule has 4 rings (SSSR count). The van der Waals surface area contributed by atoms with Gasteiger partial charge in [0.05, 0.1) is 28.5 Å². The van der Waals surface area contributed by atoms with Gasteiger partial charge in [0.1, 0.15) is 22.9 Å². The number of aromatic nitrogens is 2. The van der Waals surface area contributed by atoms with Crippen LogP contribution in [0.15, 0.2) is 79.8 Å². The topological polar surface area (TPSA) is 243 Å². The van der Waals surface area contributed by atoms with Crippen molar-refractivity contribution in [2.24, 2.45) is 20.4 Å². The number of ketones is 2. The van der Waals surface area contributed by atoms with E-state index in [1.807, 2.05) is 0 Å². The first-order valence-corrected chi connectivity index (χ1v) is 15.6. The molecule has 2 heterocycles. The van der Waals surface area contributed by atoms with Crippen molar-refractivity contribution in [2.45, 2.75) is 60.5 Å². The van der Waals surface area contributed by atoms with E-state index in [1.165, 1.54) is 18.7 Å². The van der Waals surface area contributed by atoms with Crippen LogP contribution < -0.4 is 24.5 Å². The minimum absolute atomic E-state index is 0. The molecule has 0 amide bonds. The van der Waals surface area contributed by atoms with Crippen LogP contribution in [0.2, 0.25) is 0 Å². The van der Waals surface area contributed by atoms with Crippen LogP contribution in [-0.2, 0) is 26.4 Å². The minimum atomic E-state index is -0.578. The van der Waals surface area contributed by atoms with Gasteiger partial charge in [-0.1, -0.05) is 22.7 Å². The summed E-state index contributed by atoms with van der Waals surface area (Å²) in [5.74, 6) is -1.25. The molecule has 0 spiro atoms. The molecule has 2 aliphatic carbocycles. The average Bonchev–Trinajstić information content (AvgIpc) is 3.63. The van der Waals surface area contributed by atoms with Gasteiger partial charge in [-0.25, -0.2) is 0 Å². The van der Waals surface area contributed by atoms with Crippen molar-refractivity contribution in [3.8, 4) is 0 Å². The third-order valence-corrected chi connectivity index (χ3v) is 7.86. The molecule has 2 aromatic heterocycles. The predicted molar refractivity (Wildman–Crippen MR) is 175 cm³/mol. The number of nitrogens with zero attached hydrogens (tertiary/aromatic N) is 8. The second-order valence-electron chi connectivity index (χ2n) is 10.3. The van der Waals surface area contributed by atoms with Gasteiger partial charge in [0.25, 0.3) is 0 Å². The molecule has 0 bridgehead atoms. The summed E-state index contributed by atoms with van der Waals surface area (Å²) in [6.45, 7) is 15.8. The first-order chi connectivity index (χ1) is 22.0. The Labute approximate surface area is 292 Å². The first kappa shape index (κ1) is 41.4. The number of carbonyl (C=O) groups excluding carboxylic acids is 2. The van der Waals surface area contributed by atoms with Gasteiger partial charge in [0.15, 0.2) is 11.6 Å². The maximum atomic E-state index is 11.1. The number of aliphatic hydroxyl groups excluding tert-OH is 2. The number of hydrogen-bond acceptors (Lipinski definition) is 14. The number of allylic oxidation sites excluding steroid dienone is 6. The normalized spacial score (nSPS) is 16.9. The molecule has 0 aliphatic heterocycles. The van der Waals surface area contributed by atoms with Crippen molar-refractivity contribution >= 4 is 55.7 Å². The fourth-order valence-electron chi connectivity index (χ4n) is 4.16. The van der Waals surface area contributed by atoms with Gasteiger partial charge in [-0.05, 0) is 71.8 Å². The van der Waals surface area contributed by atoms with Crippen LogP contribution >= 0.6 is 22.7 Å². The molecule has 0 saturated heterocycles. The average molecular weight is 748 g/mol. The van der Waals surface area contributed by atoms with E-state index in [4.69, 9.17) is 0 Å². The molecule has 0 saturated carbocycles. The Kier molecular flexibility index (Phi) is 16.6. The van der Waals surface area contributed by atoms with Crippen LogP contribution in [0.25, 0.3) is 0 Å². The van der Waals surface area contributed by atoms with Crippen LogP contribution in [0.4, 0.5) is 10.0 Å². The van der Waals surface area contributed by atoms with Crippen molar-refractivity contribution in [1.29, 1.82) is 0 Å². The second kappa shape index (κ2) is 19.3. The van der Waals surface area contributed by atoms with Gasteiger partial charge in [-0.2, -0.15) is 0 Å². The Balaban J connectivity index is 0.000000380. The summed E-state index contributed by atoms with van der Waals surface area (Å²) in [6.07, 6.45) is 6.80. The molecule has 1 radical (unpaired) electrons. The van der Waals surface area contributed by atoms with Crippen molar-refractivity contribution in [2.75, 3.05) is 6.54 Å². The molecule has 0 fully saturated rings. The largest absolute Gasteiger partial charge is 0.506 e. The van der Waals surface area contributed by atoms with Gasteiger partial charge >= 0.3 is 10.0 Å². The molecular formula is C28H34CoN9O8S2-. The molecule has 48 heavy (non-hydrogen) atoms. The summed E-state index contributed by atoms with van der Waals surface area (Å²) in [5.41, 5.74) is 1.19. The Morgan fingerprint density at radius 2 is 1.10 bits per heavy atom. The fourth-order valence-corrected chi connectivity index (χ4v) is 5.27. The van der Waals surface area contributed by atoms with Crippen LogP contribution in [0.5, 0.6) is 0 Å². The summed E-state index contributed by atoms with van der Waals surface area (Å²) in [5, 5.41) is 54.7. The van der Waals surface area contributed by atoms with E-state index >= 15 is 0 Å². The van der Waals surface area contributed by atoms with E-state index in [-0.39, 0.29) is 70.9 Å². The van der Waals surface area contributed by atoms with Gasteiger partial charge < -0.3 is 35.3 Å². The second-order valence-corrected chi connectivity index (χ2v) is 12.3. The molecule has 0 unspecified atom stereocenters. The van der Waals surface area contributed by atoms with Gasteiger partial charge in [-0.3, -0.25) is 40.0 Å². The predicted octanol–water partition coefficient (Wildman–Crippen LogP) is 2.39. The zero-order valence-corrected chi connectivity index (χ0v) is 29.6. The standard InChI is InChI=1S/2C10H8N4O4S.C8H19N.Co/c2*1-5-2-6(15)3-7(16)9(5)12-13-10-11-4-8(19-10)14(17)18;1-6-9(7(2)3)8(4)5;/h2*2-4H,1H3,(H2,11,13,15,16);7-8H,6H2,1-5H3;/p-1. The number of thiazole rings is 2. The SMILES string of the molecule is CC1=CC(=O)C=C(O)/C1=N/N=c1\[n-]cc([N+](=O)[O-])s1.CC1=CC(=O)C=C(O)C1=N/N=c1\[n-]cc([N+](=O)[O-])s1.CC[NH+](C(C)C)C(C)C.[Co]. The molecule has 17 nitrogen and oxygen atoms in total. The minimum Gasteiger partial charge on any atom is -0.506 e. The van der Waals surface area contributed by atoms with Crippen molar-refractivity contribution in [1.82, 2.24) is 9.97 Å². The van der Waals surface area contributed by atoms with Crippen molar-refractivity contribution in [3.63, 3.8) is 0 Å². The summed E-state index contributed by atoms with van der Waals surface area (Å²) < 4.78 is 0. The van der Waals surface area contributed by atoms with E-state index in [9.17, 15) is 40.0 Å². The van der Waals surface area contributed by atoms with Gasteiger partial charge in [0, 0.05) is 50.9 Å². The molecule has 3 N–H and O–H groups in total. The molecular weight excluding hydrogens is 713 g/mol. The number of quaternary nitrogens is 1. The molecule has 20 heteroatoms. The summed E-state index contributed by atoms with van der Waals surface area (Å²) in [6, 6.07) is 1.55. The maximum Gasteiger partial charge on any atom is 0.319 e. The zero-order valence-electron chi connectivity index (χ0n) is 26.9. The third-order valence-electron chi connectivity index (χ3n) is 6.19. The number of hydrogen-bond donors (Lipinski definition) is 3. The Morgan fingerprint density at radius 1 is 0.750 bits per heavy atom. The van der Waals surface area contributed by atoms with Crippen molar-refractivity contribution in [3.05, 3.63) is 89.2 Å². The zero-order chi connectivity index (χ0) is 35.4. The number of aliphatic hydroxyl groups is 2. The maximum absolute atomic E-state index is 11.1. The molecule has 0 aromatic carbocycles. The number of carbonyl (C=O) groups is 2. The third kappa shape index (κ3) is 12.5. The molecule has 2 aliphatic rings. The van der Waals surface area contributed by atoms with Gasteiger partial charge in [-0.15, -0.1) is 0 Å². The monoisotopic (exact) mass is 747 g/mol. The van der Waals surface area contributed by atoms with Crippen LogP contribution in [0, 0.1) is 20.2 Å². The van der Waals surface area contributed by atoms with E-state index in [1.54, 1.807) is 18.7 Å². The Morgan fingerprint density at radius 3 is 1.33 bits per heavy atom. The molecule has 261 valence electrons. The summed E-state index contributed by atoms with van der Waals surface area (Å²) >= 11 is 1.52. The van der Waals surface area contributed by atoms with Crippen LogP contribution in [0.1, 0.15) is 48.5 Å². The van der Waals surface area contributed by atoms with E-state index in [0.29, 0.717) is 11.1 Å². The Bertz CT molecular complexity index is 1660.